The Morgan fingerprint density at radius 2 is 1.50 bits per heavy atom. The van der Waals surface area contributed by atoms with Crippen molar-refractivity contribution in [3.05, 3.63) is 72.0 Å². The molecule has 0 spiro atoms. The number of hydrogen-bond acceptors (Lipinski definition) is 2. The molecule has 0 amide bonds. The van der Waals surface area contributed by atoms with Gasteiger partial charge in [-0.3, -0.25) is 0 Å². The van der Waals surface area contributed by atoms with Crippen LogP contribution in [0.5, 0.6) is 5.75 Å². The highest BCUT2D eigenvalue weighted by Crippen LogP contribution is 2.15. The molecule has 2 rings (SSSR count). The van der Waals surface area contributed by atoms with Crippen molar-refractivity contribution in [2.75, 3.05) is 0 Å². The van der Waals surface area contributed by atoms with E-state index >= 15 is 0 Å². The van der Waals surface area contributed by atoms with Crippen molar-refractivity contribution in [1.29, 1.82) is 0 Å². The van der Waals surface area contributed by atoms with E-state index in [1.54, 1.807) is 24.3 Å². The maximum Gasteiger partial charge on any atom is 0.371 e. The van der Waals surface area contributed by atoms with Crippen LogP contribution in [0.2, 0.25) is 0 Å². The molecule has 0 saturated heterocycles. The quantitative estimate of drug-likeness (QED) is 0.659. The minimum absolute atomic E-state index is 0.104. The summed E-state index contributed by atoms with van der Waals surface area (Å²) in [6.07, 6.45) is 1.50. The fraction of sp³-hybridized carbons (Fsp3) is 0. The lowest BCUT2D eigenvalue weighted by molar-refractivity contribution is -0.134. The Morgan fingerprint density at radius 3 is 2.06 bits per heavy atom. The number of carboxylic acid groups (broad SMARTS) is 1. The minimum Gasteiger partial charge on any atom is -0.475 e. The summed E-state index contributed by atoms with van der Waals surface area (Å²) in [5.41, 5.74) is 0.783. The predicted octanol–water partition coefficient (Wildman–Crippen LogP) is 3.19. The molecule has 1 N–H and O–H groups in total. The summed E-state index contributed by atoms with van der Waals surface area (Å²) < 4.78 is 5.34. The maximum atomic E-state index is 11.1. The van der Waals surface area contributed by atoms with Gasteiger partial charge in [0.15, 0.2) is 0 Å². The van der Waals surface area contributed by atoms with Gasteiger partial charge in [-0.25, -0.2) is 4.79 Å². The van der Waals surface area contributed by atoms with E-state index in [4.69, 9.17) is 9.84 Å². The molecule has 2 aromatic rings. The number of para-hydroxylation sites is 1. The average molecular weight is 240 g/mol. The molecule has 18 heavy (non-hydrogen) atoms. The van der Waals surface area contributed by atoms with E-state index in [9.17, 15) is 4.79 Å². The van der Waals surface area contributed by atoms with E-state index < -0.39 is 5.97 Å². The Balaban J connectivity index is 2.25. The molecule has 0 atom stereocenters. The Kier molecular flexibility index (Phi) is 3.76. The van der Waals surface area contributed by atoms with Crippen LogP contribution in [0.1, 0.15) is 5.56 Å². The van der Waals surface area contributed by atoms with E-state index in [1.807, 2.05) is 36.4 Å². The van der Waals surface area contributed by atoms with Crippen LogP contribution >= 0.6 is 0 Å². The molecule has 0 heterocycles. The number of rotatable bonds is 4. The van der Waals surface area contributed by atoms with Crippen LogP contribution in [0.4, 0.5) is 0 Å². The summed E-state index contributed by atoms with van der Waals surface area (Å²) in [6.45, 7) is 0. The van der Waals surface area contributed by atoms with Gasteiger partial charge in [-0.1, -0.05) is 48.5 Å². The summed E-state index contributed by atoms with van der Waals surface area (Å²) in [7, 11) is 0. The molecule has 3 heteroatoms. The van der Waals surface area contributed by atoms with Crippen molar-refractivity contribution in [3.63, 3.8) is 0 Å². The molecule has 0 aliphatic heterocycles. The van der Waals surface area contributed by atoms with Crippen molar-refractivity contribution < 1.29 is 14.6 Å². The van der Waals surface area contributed by atoms with Crippen molar-refractivity contribution >= 4 is 12.0 Å². The van der Waals surface area contributed by atoms with E-state index in [0.717, 1.165) is 5.56 Å². The minimum atomic E-state index is -1.09. The second-order valence-corrected chi connectivity index (χ2v) is 3.64. The molecule has 0 bridgehead atoms. The van der Waals surface area contributed by atoms with Gasteiger partial charge in [0.1, 0.15) is 5.75 Å². The molecule has 0 aromatic heterocycles. The van der Waals surface area contributed by atoms with Gasteiger partial charge in [0.25, 0.3) is 0 Å². The van der Waals surface area contributed by atoms with Crippen LogP contribution in [0.25, 0.3) is 6.08 Å². The summed E-state index contributed by atoms with van der Waals surface area (Å²) in [6, 6.07) is 18.0. The first kappa shape index (κ1) is 11.9. The molecular weight excluding hydrogens is 228 g/mol. The van der Waals surface area contributed by atoms with E-state index in [0.29, 0.717) is 5.75 Å². The van der Waals surface area contributed by atoms with Crippen LogP contribution in [-0.2, 0) is 4.79 Å². The second kappa shape index (κ2) is 5.68. The lowest BCUT2D eigenvalue weighted by Gasteiger charge is -2.05. The van der Waals surface area contributed by atoms with Crippen molar-refractivity contribution in [2.45, 2.75) is 0 Å². The van der Waals surface area contributed by atoms with Crippen LogP contribution in [0.3, 0.4) is 0 Å². The Morgan fingerprint density at radius 1 is 0.944 bits per heavy atom. The number of hydrogen-bond donors (Lipinski definition) is 1. The fourth-order valence-electron chi connectivity index (χ4n) is 1.45. The Hall–Kier alpha value is -2.55. The molecule has 0 aliphatic rings. The maximum absolute atomic E-state index is 11.1. The highest BCUT2D eigenvalue weighted by molar-refractivity contribution is 5.90. The summed E-state index contributed by atoms with van der Waals surface area (Å²) in [5.74, 6) is -0.697. The molecule has 0 saturated carbocycles. The smallest absolute Gasteiger partial charge is 0.371 e. The highest BCUT2D eigenvalue weighted by atomic mass is 16.5. The van der Waals surface area contributed by atoms with Gasteiger partial charge in [0, 0.05) is 0 Å². The van der Waals surface area contributed by atoms with E-state index in [2.05, 4.69) is 0 Å². The number of carbonyl (C=O) groups is 1. The van der Waals surface area contributed by atoms with Crippen molar-refractivity contribution in [2.24, 2.45) is 0 Å². The third kappa shape index (κ3) is 3.22. The molecule has 90 valence electrons. The molecule has 0 radical (unpaired) electrons. The van der Waals surface area contributed by atoms with Gasteiger partial charge < -0.3 is 9.84 Å². The van der Waals surface area contributed by atoms with Crippen LogP contribution in [-0.4, -0.2) is 11.1 Å². The lowest BCUT2D eigenvalue weighted by Crippen LogP contribution is -2.07. The molecule has 0 aliphatic carbocycles. The van der Waals surface area contributed by atoms with Crippen molar-refractivity contribution in [3.8, 4) is 5.75 Å². The van der Waals surface area contributed by atoms with Crippen molar-refractivity contribution in [1.82, 2.24) is 0 Å². The SMILES string of the molecule is O=C(O)C(=Cc1ccccc1)Oc1ccccc1. The normalized spacial score (nSPS) is 11.0. The second-order valence-electron chi connectivity index (χ2n) is 3.64. The monoisotopic (exact) mass is 240 g/mol. The molecule has 3 nitrogen and oxygen atoms in total. The first-order valence-electron chi connectivity index (χ1n) is 5.48. The number of carboxylic acids is 1. The highest BCUT2D eigenvalue weighted by Gasteiger charge is 2.09. The average Bonchev–Trinajstić information content (AvgIpc) is 2.40. The standard InChI is InChI=1S/C15H12O3/c16-15(17)14(11-12-7-3-1-4-8-12)18-13-9-5-2-6-10-13/h1-11H,(H,16,17). The first-order chi connectivity index (χ1) is 8.75. The molecular formula is C15H12O3. The predicted molar refractivity (Wildman–Crippen MR) is 69.1 cm³/mol. The van der Waals surface area contributed by atoms with Gasteiger partial charge in [-0.2, -0.15) is 0 Å². The van der Waals surface area contributed by atoms with Gasteiger partial charge in [-0.15, -0.1) is 0 Å². The lowest BCUT2D eigenvalue weighted by atomic mass is 10.2. The number of benzene rings is 2. The van der Waals surface area contributed by atoms with Crippen LogP contribution in [0, 0.1) is 0 Å². The first-order valence-corrected chi connectivity index (χ1v) is 5.48. The topological polar surface area (TPSA) is 46.5 Å². The zero-order valence-corrected chi connectivity index (χ0v) is 9.61. The van der Waals surface area contributed by atoms with Gasteiger partial charge in [0.2, 0.25) is 5.76 Å². The zero-order valence-electron chi connectivity index (χ0n) is 9.61. The molecule has 0 fully saturated rings. The van der Waals surface area contributed by atoms with E-state index in [1.165, 1.54) is 6.08 Å². The van der Waals surface area contributed by atoms with Crippen LogP contribution in [0.15, 0.2) is 66.4 Å². The van der Waals surface area contributed by atoms with Gasteiger partial charge in [-0.05, 0) is 23.8 Å². The van der Waals surface area contributed by atoms with Gasteiger partial charge in [0.05, 0.1) is 0 Å². The number of aliphatic carboxylic acids is 1. The summed E-state index contributed by atoms with van der Waals surface area (Å²) in [4.78, 5) is 11.1. The number of ether oxygens (including phenoxy) is 1. The summed E-state index contributed by atoms with van der Waals surface area (Å²) in [5, 5.41) is 9.10. The summed E-state index contributed by atoms with van der Waals surface area (Å²) >= 11 is 0. The third-order valence-corrected chi connectivity index (χ3v) is 2.28. The Labute approximate surface area is 105 Å². The van der Waals surface area contributed by atoms with E-state index in [-0.39, 0.29) is 5.76 Å². The third-order valence-electron chi connectivity index (χ3n) is 2.28. The molecule has 2 aromatic carbocycles. The fourth-order valence-corrected chi connectivity index (χ4v) is 1.45. The van der Waals surface area contributed by atoms with Crippen LogP contribution < -0.4 is 4.74 Å². The Bertz CT molecular complexity index is 544. The van der Waals surface area contributed by atoms with Gasteiger partial charge >= 0.3 is 5.97 Å². The molecule has 0 unspecified atom stereocenters. The zero-order chi connectivity index (χ0) is 12.8. The largest absolute Gasteiger partial charge is 0.475 e.